The van der Waals surface area contributed by atoms with Gasteiger partial charge in [-0.25, -0.2) is 4.79 Å². The molecule has 0 fully saturated rings. The van der Waals surface area contributed by atoms with Crippen LogP contribution in [0.25, 0.3) is 11.0 Å². The van der Waals surface area contributed by atoms with Crippen molar-refractivity contribution in [3.8, 4) is 0 Å². The molecule has 72 valence electrons. The molecule has 0 spiro atoms. The summed E-state index contributed by atoms with van der Waals surface area (Å²) in [7, 11) is 1.33. The minimum atomic E-state index is -0.433. The van der Waals surface area contributed by atoms with Gasteiger partial charge in [0.1, 0.15) is 11.3 Å². The first kappa shape index (κ1) is 8.74. The third-order valence-corrected chi connectivity index (χ3v) is 1.95. The molecule has 0 aromatic carbocycles. The smallest absolute Gasteiger partial charge is 0.343 e. The monoisotopic (exact) mass is 191 g/mol. The van der Waals surface area contributed by atoms with E-state index in [1.165, 1.54) is 13.3 Å². The molecule has 0 radical (unpaired) electrons. The molecule has 0 unspecified atom stereocenters. The van der Waals surface area contributed by atoms with Gasteiger partial charge in [0.05, 0.1) is 7.11 Å². The van der Waals surface area contributed by atoms with Crippen LogP contribution in [-0.2, 0) is 4.74 Å². The number of methoxy groups -OCH3 is 1. The second kappa shape index (κ2) is 3.14. The Kier molecular flexibility index (Phi) is 1.96. The maximum Gasteiger partial charge on any atom is 0.343 e. The lowest BCUT2D eigenvalue weighted by Crippen LogP contribution is -2.01. The number of nitrogens with zero attached hydrogens (tertiary/aromatic N) is 1. The zero-order valence-electron chi connectivity index (χ0n) is 7.90. The van der Waals surface area contributed by atoms with Gasteiger partial charge in [0, 0.05) is 17.8 Å². The lowest BCUT2D eigenvalue weighted by molar-refractivity contribution is 0.0601. The van der Waals surface area contributed by atoms with Gasteiger partial charge in [-0.05, 0) is 13.0 Å². The number of pyridine rings is 1. The zero-order valence-corrected chi connectivity index (χ0v) is 7.90. The van der Waals surface area contributed by atoms with Gasteiger partial charge in [-0.3, -0.25) is 4.98 Å². The highest BCUT2D eigenvalue weighted by Gasteiger charge is 2.13. The van der Waals surface area contributed by atoms with E-state index in [-0.39, 0.29) is 0 Å². The third kappa shape index (κ3) is 1.25. The van der Waals surface area contributed by atoms with Crippen LogP contribution in [0.4, 0.5) is 0 Å². The molecule has 0 bridgehead atoms. The number of ether oxygens (including phenoxy) is 1. The summed E-state index contributed by atoms with van der Waals surface area (Å²) in [5, 5.41) is 0.811. The molecule has 0 N–H and O–H groups in total. The number of carbonyl (C=O) groups excluding carboxylic acids is 1. The van der Waals surface area contributed by atoms with Gasteiger partial charge in [-0.2, -0.15) is 0 Å². The summed E-state index contributed by atoms with van der Waals surface area (Å²) < 4.78 is 10.00. The summed E-state index contributed by atoms with van der Waals surface area (Å²) in [6.07, 6.45) is 3.09. The van der Waals surface area contributed by atoms with E-state index in [0.29, 0.717) is 11.1 Å². The van der Waals surface area contributed by atoms with Gasteiger partial charge < -0.3 is 9.15 Å². The molecule has 4 nitrogen and oxygen atoms in total. The Morgan fingerprint density at radius 1 is 1.50 bits per heavy atom. The fourth-order valence-electron chi connectivity index (χ4n) is 1.35. The molecular weight excluding hydrogens is 182 g/mol. The Labute approximate surface area is 80.5 Å². The normalized spacial score (nSPS) is 10.4. The maximum atomic E-state index is 11.3. The Balaban J connectivity index is 2.70. The van der Waals surface area contributed by atoms with E-state index in [1.54, 1.807) is 6.20 Å². The van der Waals surface area contributed by atoms with Crippen LogP contribution in [-0.4, -0.2) is 18.1 Å². The van der Waals surface area contributed by atoms with Crippen molar-refractivity contribution in [1.29, 1.82) is 0 Å². The van der Waals surface area contributed by atoms with Crippen LogP contribution in [0.15, 0.2) is 22.9 Å². The Hall–Kier alpha value is -1.84. The number of rotatable bonds is 1. The standard InChI is InChI=1S/C10H9NO3/c1-6-3-7-4-11-5-8(9(7)14-6)10(12)13-2/h3-5H,1-2H3. The predicted octanol–water partition coefficient (Wildman–Crippen LogP) is 1.92. The molecule has 2 aromatic rings. The summed E-state index contributed by atoms with van der Waals surface area (Å²) >= 11 is 0. The molecule has 0 aliphatic carbocycles. The van der Waals surface area contributed by atoms with Crippen LogP contribution in [0.3, 0.4) is 0 Å². The quantitative estimate of drug-likeness (QED) is 0.646. The van der Waals surface area contributed by atoms with Crippen molar-refractivity contribution in [1.82, 2.24) is 4.98 Å². The molecule has 0 saturated heterocycles. The first-order chi connectivity index (χ1) is 6.72. The zero-order chi connectivity index (χ0) is 10.1. The topological polar surface area (TPSA) is 52.3 Å². The number of aromatic nitrogens is 1. The number of carbonyl (C=O) groups is 1. The van der Waals surface area contributed by atoms with Crippen molar-refractivity contribution in [3.63, 3.8) is 0 Å². The van der Waals surface area contributed by atoms with Crippen LogP contribution >= 0.6 is 0 Å². The lowest BCUT2D eigenvalue weighted by atomic mass is 10.2. The third-order valence-electron chi connectivity index (χ3n) is 1.95. The van der Waals surface area contributed by atoms with Crippen molar-refractivity contribution in [2.24, 2.45) is 0 Å². The van der Waals surface area contributed by atoms with Crippen LogP contribution in [0.1, 0.15) is 16.1 Å². The van der Waals surface area contributed by atoms with Crippen molar-refractivity contribution in [2.75, 3.05) is 7.11 Å². The molecule has 2 rings (SSSR count). The second-order valence-electron chi connectivity index (χ2n) is 2.95. The highest BCUT2D eigenvalue weighted by atomic mass is 16.5. The summed E-state index contributed by atoms with van der Waals surface area (Å²) in [6, 6.07) is 1.83. The van der Waals surface area contributed by atoms with Crippen LogP contribution in [0, 0.1) is 6.92 Å². The lowest BCUT2D eigenvalue weighted by Gasteiger charge is -1.98. The van der Waals surface area contributed by atoms with E-state index >= 15 is 0 Å². The van der Waals surface area contributed by atoms with Crippen molar-refractivity contribution in [2.45, 2.75) is 6.92 Å². The molecule has 4 heteroatoms. The van der Waals surface area contributed by atoms with Crippen LogP contribution in [0.5, 0.6) is 0 Å². The summed E-state index contributed by atoms with van der Waals surface area (Å²) in [5.41, 5.74) is 0.891. The van der Waals surface area contributed by atoms with E-state index in [2.05, 4.69) is 9.72 Å². The van der Waals surface area contributed by atoms with Crippen molar-refractivity contribution >= 4 is 16.9 Å². The molecule has 2 heterocycles. The van der Waals surface area contributed by atoms with Gasteiger partial charge in [0.25, 0.3) is 0 Å². The minimum Gasteiger partial charge on any atom is -0.465 e. The number of hydrogen-bond donors (Lipinski definition) is 0. The summed E-state index contributed by atoms with van der Waals surface area (Å²) in [4.78, 5) is 15.2. The summed E-state index contributed by atoms with van der Waals surface area (Å²) in [5.74, 6) is 0.315. The minimum absolute atomic E-state index is 0.359. The van der Waals surface area contributed by atoms with Crippen molar-refractivity contribution in [3.05, 3.63) is 29.8 Å². The number of fused-ring (bicyclic) bond motifs is 1. The number of esters is 1. The first-order valence-electron chi connectivity index (χ1n) is 4.15. The van der Waals surface area contributed by atoms with E-state index in [9.17, 15) is 4.79 Å². The SMILES string of the molecule is COC(=O)c1cncc2cc(C)oc12. The number of furan rings is 1. The van der Waals surface area contributed by atoms with Gasteiger partial charge in [0.15, 0.2) is 5.58 Å². The highest BCUT2D eigenvalue weighted by molar-refractivity contribution is 6.01. The molecular formula is C10H9NO3. The van der Waals surface area contributed by atoms with Crippen LogP contribution < -0.4 is 0 Å². The van der Waals surface area contributed by atoms with E-state index in [1.807, 2.05) is 13.0 Å². The largest absolute Gasteiger partial charge is 0.465 e. The number of hydrogen-bond acceptors (Lipinski definition) is 4. The molecule has 14 heavy (non-hydrogen) atoms. The van der Waals surface area contributed by atoms with Gasteiger partial charge in [0.2, 0.25) is 0 Å². The molecule has 0 aliphatic heterocycles. The maximum absolute atomic E-state index is 11.3. The summed E-state index contributed by atoms with van der Waals surface area (Å²) in [6.45, 7) is 1.82. The Morgan fingerprint density at radius 2 is 2.29 bits per heavy atom. The van der Waals surface area contributed by atoms with Gasteiger partial charge >= 0.3 is 5.97 Å². The van der Waals surface area contributed by atoms with Crippen molar-refractivity contribution < 1.29 is 13.9 Å². The average molecular weight is 191 g/mol. The average Bonchev–Trinajstić information content (AvgIpc) is 2.56. The fraction of sp³-hybridized carbons (Fsp3) is 0.200. The van der Waals surface area contributed by atoms with E-state index in [4.69, 9.17) is 4.42 Å². The van der Waals surface area contributed by atoms with E-state index < -0.39 is 5.97 Å². The fourth-order valence-corrected chi connectivity index (χ4v) is 1.35. The number of aryl methyl sites for hydroxylation is 1. The molecule has 2 aromatic heterocycles. The Bertz CT molecular complexity index is 487. The van der Waals surface area contributed by atoms with Crippen LogP contribution in [0.2, 0.25) is 0 Å². The van der Waals surface area contributed by atoms with Gasteiger partial charge in [-0.1, -0.05) is 0 Å². The molecule has 0 aliphatic rings. The second-order valence-corrected chi connectivity index (χ2v) is 2.95. The van der Waals surface area contributed by atoms with Gasteiger partial charge in [-0.15, -0.1) is 0 Å². The van der Waals surface area contributed by atoms with E-state index in [0.717, 1.165) is 11.1 Å². The molecule has 0 saturated carbocycles. The highest BCUT2D eigenvalue weighted by Crippen LogP contribution is 2.21. The molecule has 0 atom stereocenters. The molecule has 0 amide bonds. The first-order valence-corrected chi connectivity index (χ1v) is 4.15. The Morgan fingerprint density at radius 3 is 3.00 bits per heavy atom. The predicted molar refractivity (Wildman–Crippen MR) is 50.1 cm³/mol.